The van der Waals surface area contributed by atoms with Gasteiger partial charge in [0.25, 0.3) is 0 Å². The molecule has 0 spiro atoms. The Balaban J connectivity index is 2.08. The summed E-state index contributed by atoms with van der Waals surface area (Å²) in [6, 6.07) is 12.3. The monoisotopic (exact) mass is 279 g/mol. The topological polar surface area (TPSA) is 39.2 Å². The zero-order valence-electron chi connectivity index (χ0n) is 8.95. The maximum atomic E-state index is 5.67. The van der Waals surface area contributed by atoms with Crippen molar-refractivity contribution in [3.05, 3.63) is 58.0 Å². The van der Waals surface area contributed by atoms with Crippen LogP contribution >= 0.6 is 15.9 Å². The molecule has 0 fully saturated rings. The minimum absolute atomic E-state index is 0.629. The highest BCUT2D eigenvalue weighted by atomic mass is 79.9. The van der Waals surface area contributed by atoms with Gasteiger partial charge in [-0.1, -0.05) is 28.1 Å². The summed E-state index contributed by atoms with van der Waals surface area (Å²) in [7, 11) is 0. The van der Waals surface area contributed by atoms with Crippen molar-refractivity contribution < 1.29 is 4.42 Å². The molecule has 0 aliphatic carbocycles. The zero-order chi connectivity index (χ0) is 11.4. The molecule has 3 heteroatoms. The van der Waals surface area contributed by atoms with Gasteiger partial charge in [0.2, 0.25) is 0 Å². The van der Waals surface area contributed by atoms with Gasteiger partial charge in [-0.05, 0) is 36.4 Å². The fourth-order valence-corrected chi connectivity index (χ4v) is 2.09. The third-order valence-electron chi connectivity index (χ3n) is 2.38. The number of benzene rings is 1. The summed E-state index contributed by atoms with van der Waals surface area (Å²) in [4.78, 5) is 0. The van der Waals surface area contributed by atoms with Crippen molar-refractivity contribution in [1.82, 2.24) is 0 Å². The predicted octanol–water partition coefficient (Wildman–Crippen LogP) is 3.13. The van der Waals surface area contributed by atoms with Crippen molar-refractivity contribution in [2.45, 2.75) is 12.8 Å². The molecule has 0 aliphatic rings. The van der Waals surface area contributed by atoms with Crippen molar-refractivity contribution >= 4 is 15.9 Å². The van der Waals surface area contributed by atoms with Crippen molar-refractivity contribution in [1.29, 1.82) is 0 Å². The van der Waals surface area contributed by atoms with E-state index in [0.29, 0.717) is 6.54 Å². The summed E-state index contributed by atoms with van der Waals surface area (Å²) >= 11 is 3.46. The fraction of sp³-hybridized carbons (Fsp3) is 0.231. The second kappa shape index (κ2) is 5.32. The molecule has 84 valence electrons. The smallest absolute Gasteiger partial charge is 0.108 e. The maximum Gasteiger partial charge on any atom is 0.108 e. The van der Waals surface area contributed by atoms with Gasteiger partial charge in [0.05, 0.1) is 0 Å². The first-order valence-corrected chi connectivity index (χ1v) is 6.09. The average Bonchev–Trinajstić information content (AvgIpc) is 2.66. The molecule has 1 aromatic carbocycles. The highest BCUT2D eigenvalue weighted by Gasteiger charge is 2.03. The highest BCUT2D eigenvalue weighted by molar-refractivity contribution is 9.10. The Kier molecular flexibility index (Phi) is 3.80. The van der Waals surface area contributed by atoms with Crippen LogP contribution in [0.5, 0.6) is 0 Å². The normalized spacial score (nSPS) is 10.6. The van der Waals surface area contributed by atoms with Crippen molar-refractivity contribution in [2.75, 3.05) is 6.54 Å². The van der Waals surface area contributed by atoms with Crippen LogP contribution in [0.1, 0.15) is 17.1 Å². The molecular weight excluding hydrogens is 266 g/mol. The van der Waals surface area contributed by atoms with Crippen LogP contribution in [0.3, 0.4) is 0 Å². The Labute approximate surface area is 104 Å². The maximum absolute atomic E-state index is 5.67. The van der Waals surface area contributed by atoms with Crippen LogP contribution in [0.15, 0.2) is 45.3 Å². The third kappa shape index (κ3) is 2.97. The van der Waals surface area contributed by atoms with Gasteiger partial charge in [-0.3, -0.25) is 0 Å². The van der Waals surface area contributed by atoms with Gasteiger partial charge in [-0.25, -0.2) is 0 Å². The number of nitrogens with two attached hydrogens (primary N) is 1. The number of hydrogen-bond acceptors (Lipinski definition) is 2. The second-order valence-electron chi connectivity index (χ2n) is 3.71. The standard InChI is InChI=1S/C13H14BrNO/c14-11-3-1-2-10(8-11)9-13-5-4-12(16-13)6-7-15/h1-5,8H,6-7,9,15H2. The first kappa shape index (κ1) is 11.4. The van der Waals surface area contributed by atoms with E-state index in [4.69, 9.17) is 10.2 Å². The highest BCUT2D eigenvalue weighted by Crippen LogP contribution is 2.17. The molecule has 0 unspecified atom stereocenters. The summed E-state index contributed by atoms with van der Waals surface area (Å²) in [5.74, 6) is 1.95. The lowest BCUT2D eigenvalue weighted by atomic mass is 10.1. The van der Waals surface area contributed by atoms with E-state index >= 15 is 0 Å². The first-order valence-electron chi connectivity index (χ1n) is 5.30. The van der Waals surface area contributed by atoms with Gasteiger partial charge in [0, 0.05) is 17.3 Å². The number of rotatable bonds is 4. The molecular formula is C13H14BrNO. The Morgan fingerprint density at radius 1 is 1.12 bits per heavy atom. The van der Waals surface area contributed by atoms with Crippen LogP contribution in [0.2, 0.25) is 0 Å². The largest absolute Gasteiger partial charge is 0.466 e. The summed E-state index contributed by atoms with van der Waals surface area (Å²) in [6.45, 7) is 0.629. The molecule has 0 saturated carbocycles. The van der Waals surface area contributed by atoms with E-state index < -0.39 is 0 Å². The van der Waals surface area contributed by atoms with E-state index in [9.17, 15) is 0 Å². The van der Waals surface area contributed by atoms with Crippen molar-refractivity contribution in [3.63, 3.8) is 0 Å². The number of furan rings is 1. The Bertz CT molecular complexity index is 464. The van der Waals surface area contributed by atoms with E-state index in [0.717, 1.165) is 28.8 Å². The van der Waals surface area contributed by atoms with Gasteiger partial charge >= 0.3 is 0 Å². The van der Waals surface area contributed by atoms with Crippen LogP contribution in [0.25, 0.3) is 0 Å². The lowest BCUT2D eigenvalue weighted by molar-refractivity contribution is 0.474. The summed E-state index contributed by atoms with van der Waals surface area (Å²) in [6.07, 6.45) is 1.63. The average molecular weight is 280 g/mol. The lowest BCUT2D eigenvalue weighted by Gasteiger charge is -1.99. The molecule has 0 amide bonds. The second-order valence-corrected chi connectivity index (χ2v) is 4.63. The molecule has 1 heterocycles. The van der Waals surface area contributed by atoms with E-state index in [1.807, 2.05) is 24.3 Å². The minimum Gasteiger partial charge on any atom is -0.466 e. The predicted molar refractivity (Wildman–Crippen MR) is 68.4 cm³/mol. The fourth-order valence-electron chi connectivity index (χ4n) is 1.64. The van der Waals surface area contributed by atoms with E-state index in [2.05, 4.69) is 28.1 Å². The molecule has 2 N–H and O–H groups in total. The molecule has 0 aliphatic heterocycles. The van der Waals surface area contributed by atoms with E-state index in [1.54, 1.807) is 0 Å². The van der Waals surface area contributed by atoms with Gasteiger partial charge < -0.3 is 10.2 Å². The number of halogens is 1. The minimum atomic E-state index is 0.629. The quantitative estimate of drug-likeness (QED) is 0.934. The SMILES string of the molecule is NCCc1ccc(Cc2cccc(Br)c2)o1. The van der Waals surface area contributed by atoms with Crippen molar-refractivity contribution in [2.24, 2.45) is 5.73 Å². The van der Waals surface area contributed by atoms with Gasteiger partial charge in [-0.15, -0.1) is 0 Å². The van der Waals surface area contributed by atoms with Crippen LogP contribution in [0, 0.1) is 0 Å². The van der Waals surface area contributed by atoms with Gasteiger partial charge in [-0.2, -0.15) is 0 Å². The van der Waals surface area contributed by atoms with Crippen molar-refractivity contribution in [3.8, 4) is 0 Å². The zero-order valence-corrected chi connectivity index (χ0v) is 10.5. The Morgan fingerprint density at radius 2 is 1.94 bits per heavy atom. The molecule has 0 radical (unpaired) electrons. The van der Waals surface area contributed by atoms with Crippen LogP contribution in [-0.4, -0.2) is 6.54 Å². The first-order chi connectivity index (χ1) is 7.78. The molecule has 0 bridgehead atoms. The lowest BCUT2D eigenvalue weighted by Crippen LogP contribution is -2.01. The van der Waals surface area contributed by atoms with Crippen LogP contribution in [-0.2, 0) is 12.8 Å². The third-order valence-corrected chi connectivity index (χ3v) is 2.87. The Morgan fingerprint density at radius 3 is 2.69 bits per heavy atom. The molecule has 2 rings (SSSR count). The summed E-state index contributed by atoms with van der Waals surface area (Å²) < 4.78 is 6.77. The molecule has 1 aromatic heterocycles. The van der Waals surface area contributed by atoms with Crippen LogP contribution < -0.4 is 5.73 Å². The summed E-state index contributed by atoms with van der Waals surface area (Å²) in [5.41, 5.74) is 6.71. The van der Waals surface area contributed by atoms with Gasteiger partial charge in [0.1, 0.15) is 11.5 Å². The molecule has 2 aromatic rings. The van der Waals surface area contributed by atoms with Gasteiger partial charge in [0.15, 0.2) is 0 Å². The van der Waals surface area contributed by atoms with E-state index in [1.165, 1.54) is 5.56 Å². The summed E-state index contributed by atoms with van der Waals surface area (Å²) in [5, 5.41) is 0. The van der Waals surface area contributed by atoms with E-state index in [-0.39, 0.29) is 0 Å². The number of hydrogen-bond donors (Lipinski definition) is 1. The molecule has 0 atom stereocenters. The van der Waals surface area contributed by atoms with Crippen LogP contribution in [0.4, 0.5) is 0 Å². The molecule has 0 saturated heterocycles. The Hall–Kier alpha value is -1.06. The molecule has 2 nitrogen and oxygen atoms in total. The molecule has 16 heavy (non-hydrogen) atoms.